The lowest BCUT2D eigenvalue weighted by atomic mass is 10.1. The van der Waals surface area contributed by atoms with E-state index in [4.69, 9.17) is 21.1 Å². The number of sulfonamides is 1. The highest BCUT2D eigenvalue weighted by Gasteiger charge is 2.23. The zero-order valence-corrected chi connectivity index (χ0v) is 19.0. The van der Waals surface area contributed by atoms with Gasteiger partial charge in [0, 0.05) is 31.9 Å². The maximum atomic E-state index is 12.7. The van der Waals surface area contributed by atoms with Gasteiger partial charge in [0.2, 0.25) is 10.0 Å². The average Bonchev–Trinajstić information content (AvgIpc) is 3.29. The molecule has 2 aromatic rings. The summed E-state index contributed by atoms with van der Waals surface area (Å²) in [7, 11) is -3.87. The second-order valence-corrected chi connectivity index (χ2v) is 9.41. The second kappa shape index (κ2) is 11.1. The molecule has 1 aliphatic heterocycles. The Balaban J connectivity index is 1.62. The van der Waals surface area contributed by atoms with Gasteiger partial charge in [-0.05, 0) is 49.1 Å². The van der Waals surface area contributed by atoms with Gasteiger partial charge in [0.1, 0.15) is 4.90 Å². The Labute approximate surface area is 188 Å². The van der Waals surface area contributed by atoms with Crippen LogP contribution in [0.3, 0.4) is 0 Å². The SMILES string of the molecule is CCOCc1ccc(CNC(=O)c2ccc(Cl)c(S(=O)(=O)NCC3CCCO3)c2)cc1. The minimum Gasteiger partial charge on any atom is -0.377 e. The van der Waals surface area contributed by atoms with Crippen molar-refractivity contribution in [3.8, 4) is 0 Å². The van der Waals surface area contributed by atoms with E-state index in [9.17, 15) is 13.2 Å². The summed E-state index contributed by atoms with van der Waals surface area (Å²) in [5.41, 5.74) is 2.20. The van der Waals surface area contributed by atoms with Crippen LogP contribution in [0.5, 0.6) is 0 Å². The van der Waals surface area contributed by atoms with Crippen molar-refractivity contribution in [2.75, 3.05) is 19.8 Å². The first-order valence-electron chi connectivity index (χ1n) is 10.2. The molecule has 0 radical (unpaired) electrons. The van der Waals surface area contributed by atoms with Crippen molar-refractivity contribution in [3.63, 3.8) is 0 Å². The van der Waals surface area contributed by atoms with Crippen molar-refractivity contribution < 1.29 is 22.7 Å². The Hall–Kier alpha value is -1.97. The van der Waals surface area contributed by atoms with Crippen molar-refractivity contribution in [1.29, 1.82) is 0 Å². The van der Waals surface area contributed by atoms with Gasteiger partial charge in [0.05, 0.1) is 17.7 Å². The molecule has 1 unspecified atom stereocenters. The molecule has 0 aliphatic carbocycles. The van der Waals surface area contributed by atoms with Gasteiger partial charge in [0.15, 0.2) is 0 Å². The minimum atomic E-state index is -3.87. The van der Waals surface area contributed by atoms with Crippen LogP contribution in [0.2, 0.25) is 5.02 Å². The van der Waals surface area contributed by atoms with Crippen molar-refractivity contribution in [2.24, 2.45) is 0 Å². The Morgan fingerprint density at radius 1 is 1.19 bits per heavy atom. The smallest absolute Gasteiger partial charge is 0.251 e. The zero-order valence-electron chi connectivity index (χ0n) is 17.4. The van der Waals surface area contributed by atoms with Crippen LogP contribution in [-0.2, 0) is 32.6 Å². The number of hydrogen-bond acceptors (Lipinski definition) is 5. The molecule has 3 rings (SSSR count). The van der Waals surface area contributed by atoms with E-state index in [1.54, 1.807) is 0 Å². The lowest BCUT2D eigenvalue weighted by molar-refractivity contribution is 0.0950. The Kier molecular flexibility index (Phi) is 8.45. The molecule has 1 atom stereocenters. The summed E-state index contributed by atoms with van der Waals surface area (Å²) in [5.74, 6) is -0.384. The standard InChI is InChI=1S/C22H27ClN2O5S/c1-2-29-15-17-7-5-16(6-8-17)13-24-22(26)18-9-10-20(23)21(12-18)31(27,28)25-14-19-4-3-11-30-19/h5-10,12,19,25H,2-4,11,13-15H2,1H3,(H,24,26). The van der Waals surface area contributed by atoms with Gasteiger partial charge < -0.3 is 14.8 Å². The molecular weight excluding hydrogens is 440 g/mol. The molecule has 0 aromatic heterocycles. The maximum absolute atomic E-state index is 12.7. The number of carbonyl (C=O) groups excluding carboxylic acids is 1. The fourth-order valence-corrected chi connectivity index (χ4v) is 4.78. The van der Waals surface area contributed by atoms with Crippen LogP contribution < -0.4 is 10.0 Å². The molecule has 9 heteroatoms. The van der Waals surface area contributed by atoms with E-state index in [0.717, 1.165) is 24.0 Å². The van der Waals surface area contributed by atoms with Gasteiger partial charge in [-0.1, -0.05) is 35.9 Å². The maximum Gasteiger partial charge on any atom is 0.251 e. The van der Waals surface area contributed by atoms with Gasteiger partial charge >= 0.3 is 0 Å². The quantitative estimate of drug-likeness (QED) is 0.560. The third-order valence-electron chi connectivity index (χ3n) is 4.96. The average molecular weight is 467 g/mol. The van der Waals surface area contributed by atoms with Crippen LogP contribution in [0.15, 0.2) is 47.4 Å². The summed E-state index contributed by atoms with van der Waals surface area (Å²) >= 11 is 6.11. The topological polar surface area (TPSA) is 93.7 Å². The molecule has 168 valence electrons. The van der Waals surface area contributed by atoms with E-state index in [1.807, 2.05) is 31.2 Å². The van der Waals surface area contributed by atoms with Gasteiger partial charge in [-0.25, -0.2) is 13.1 Å². The predicted molar refractivity (Wildman–Crippen MR) is 119 cm³/mol. The van der Waals surface area contributed by atoms with Crippen molar-refractivity contribution in [1.82, 2.24) is 10.0 Å². The van der Waals surface area contributed by atoms with Crippen molar-refractivity contribution >= 4 is 27.5 Å². The minimum absolute atomic E-state index is 0.0567. The Morgan fingerprint density at radius 2 is 1.94 bits per heavy atom. The van der Waals surface area contributed by atoms with Gasteiger partial charge in [-0.2, -0.15) is 0 Å². The van der Waals surface area contributed by atoms with Crippen molar-refractivity contribution in [3.05, 3.63) is 64.2 Å². The van der Waals surface area contributed by atoms with E-state index in [0.29, 0.717) is 26.4 Å². The van der Waals surface area contributed by atoms with Crippen LogP contribution in [-0.4, -0.2) is 40.2 Å². The molecule has 1 heterocycles. The third-order valence-corrected chi connectivity index (χ3v) is 6.86. The summed E-state index contributed by atoms with van der Waals surface area (Å²) in [5, 5.41) is 2.86. The highest BCUT2D eigenvalue weighted by atomic mass is 35.5. The number of halogens is 1. The first-order chi connectivity index (χ1) is 14.9. The zero-order chi connectivity index (χ0) is 22.3. The number of nitrogens with one attached hydrogen (secondary N) is 2. The van der Waals surface area contributed by atoms with E-state index < -0.39 is 10.0 Å². The Bertz CT molecular complexity index is 989. The second-order valence-electron chi connectivity index (χ2n) is 7.27. The van der Waals surface area contributed by atoms with E-state index in [2.05, 4.69) is 10.0 Å². The summed E-state index contributed by atoms with van der Waals surface area (Å²) in [6.07, 6.45) is 1.59. The largest absolute Gasteiger partial charge is 0.377 e. The molecule has 2 aromatic carbocycles. The molecule has 0 bridgehead atoms. The summed E-state index contributed by atoms with van der Waals surface area (Å²) in [6.45, 7) is 4.27. The Morgan fingerprint density at radius 3 is 2.61 bits per heavy atom. The van der Waals surface area contributed by atoms with Crippen LogP contribution in [0.1, 0.15) is 41.3 Å². The summed E-state index contributed by atoms with van der Waals surface area (Å²) in [6, 6.07) is 11.9. The number of ether oxygens (including phenoxy) is 2. The summed E-state index contributed by atoms with van der Waals surface area (Å²) in [4.78, 5) is 12.4. The van der Waals surface area contributed by atoms with E-state index >= 15 is 0 Å². The summed E-state index contributed by atoms with van der Waals surface area (Å²) < 4.78 is 38.7. The van der Waals surface area contributed by atoms with Crippen LogP contribution in [0, 0.1) is 0 Å². The van der Waals surface area contributed by atoms with Crippen LogP contribution >= 0.6 is 11.6 Å². The number of amides is 1. The lowest BCUT2D eigenvalue weighted by Gasteiger charge is -2.13. The number of rotatable bonds is 10. The van der Waals surface area contributed by atoms with Crippen LogP contribution in [0.4, 0.5) is 0 Å². The molecule has 2 N–H and O–H groups in total. The first kappa shape index (κ1) is 23.7. The molecule has 7 nitrogen and oxygen atoms in total. The molecule has 1 aliphatic rings. The molecular formula is C22H27ClN2O5S. The lowest BCUT2D eigenvalue weighted by Crippen LogP contribution is -2.32. The van der Waals surface area contributed by atoms with E-state index in [-0.39, 0.29) is 34.0 Å². The predicted octanol–water partition coefficient (Wildman–Crippen LogP) is 3.26. The molecule has 0 saturated carbocycles. The van der Waals surface area contributed by atoms with Gasteiger partial charge in [-0.15, -0.1) is 0 Å². The van der Waals surface area contributed by atoms with Gasteiger partial charge in [0.25, 0.3) is 5.91 Å². The van der Waals surface area contributed by atoms with Gasteiger partial charge in [-0.3, -0.25) is 4.79 Å². The first-order valence-corrected chi connectivity index (χ1v) is 12.1. The molecule has 31 heavy (non-hydrogen) atoms. The fraction of sp³-hybridized carbons (Fsp3) is 0.409. The monoisotopic (exact) mass is 466 g/mol. The highest BCUT2D eigenvalue weighted by molar-refractivity contribution is 7.89. The number of hydrogen-bond donors (Lipinski definition) is 2. The molecule has 1 fully saturated rings. The number of benzene rings is 2. The highest BCUT2D eigenvalue weighted by Crippen LogP contribution is 2.23. The number of carbonyl (C=O) groups is 1. The van der Waals surface area contributed by atoms with Crippen molar-refractivity contribution in [2.45, 2.75) is 43.9 Å². The van der Waals surface area contributed by atoms with Crippen LogP contribution in [0.25, 0.3) is 0 Å². The molecule has 1 saturated heterocycles. The van der Waals surface area contributed by atoms with E-state index in [1.165, 1.54) is 18.2 Å². The molecule has 1 amide bonds. The molecule has 0 spiro atoms. The fourth-order valence-electron chi connectivity index (χ4n) is 3.19. The third kappa shape index (κ3) is 6.75. The normalized spacial score (nSPS) is 16.4.